The van der Waals surface area contributed by atoms with Gasteiger partial charge >= 0.3 is 12.2 Å². The van der Waals surface area contributed by atoms with Crippen molar-refractivity contribution in [3.63, 3.8) is 0 Å². The first-order chi connectivity index (χ1) is 11.6. The van der Waals surface area contributed by atoms with Crippen molar-refractivity contribution in [2.75, 3.05) is 13.6 Å². The minimum Gasteiger partial charge on any atom is -0.465 e. The van der Waals surface area contributed by atoms with Crippen LogP contribution in [0, 0.1) is 23.2 Å². The number of hydrogen-bond donors (Lipinski definition) is 2. The van der Waals surface area contributed by atoms with Gasteiger partial charge in [-0.1, -0.05) is 0 Å². The number of rotatable bonds is 5. The van der Waals surface area contributed by atoms with Gasteiger partial charge in [0.15, 0.2) is 0 Å². The van der Waals surface area contributed by atoms with E-state index in [0.29, 0.717) is 12.0 Å². The number of ether oxygens (including phenoxy) is 1. The zero-order valence-electron chi connectivity index (χ0n) is 15.9. The molecular weight excluding hydrogens is 320 g/mol. The predicted octanol–water partition coefficient (Wildman–Crippen LogP) is 3.71. The number of nitrogens with one attached hydrogen (secondary N) is 1. The number of amides is 2. The first-order valence-corrected chi connectivity index (χ1v) is 9.50. The molecule has 3 atom stereocenters. The van der Waals surface area contributed by atoms with E-state index in [1.54, 1.807) is 7.05 Å². The summed E-state index contributed by atoms with van der Waals surface area (Å²) in [5.74, 6) is 2.45. The second-order valence-electron chi connectivity index (χ2n) is 9.62. The summed E-state index contributed by atoms with van der Waals surface area (Å²) in [5.41, 5.74) is -0.261. The molecule has 0 radical (unpaired) electrons. The van der Waals surface area contributed by atoms with Crippen LogP contribution in [-0.4, -0.2) is 47.4 Å². The van der Waals surface area contributed by atoms with Gasteiger partial charge in [-0.3, -0.25) is 0 Å². The van der Waals surface area contributed by atoms with Gasteiger partial charge in [-0.2, -0.15) is 0 Å². The molecule has 0 saturated heterocycles. The molecule has 6 heteroatoms. The fourth-order valence-corrected chi connectivity index (χ4v) is 5.83. The molecule has 2 amide bonds. The van der Waals surface area contributed by atoms with E-state index in [0.717, 1.165) is 24.2 Å². The summed E-state index contributed by atoms with van der Waals surface area (Å²) < 4.78 is 5.40. The van der Waals surface area contributed by atoms with E-state index in [4.69, 9.17) is 4.74 Å². The molecule has 4 aliphatic rings. The highest BCUT2D eigenvalue weighted by Crippen LogP contribution is 2.67. The Bertz CT molecular complexity index is 528. The smallest absolute Gasteiger partial charge is 0.407 e. The third-order valence-electron chi connectivity index (χ3n) is 6.35. The van der Waals surface area contributed by atoms with Crippen LogP contribution in [0.2, 0.25) is 0 Å². The Morgan fingerprint density at radius 3 is 2.36 bits per heavy atom. The van der Waals surface area contributed by atoms with E-state index in [1.807, 2.05) is 20.8 Å². The average Bonchev–Trinajstić information content (AvgIpc) is 2.80. The van der Waals surface area contributed by atoms with Gasteiger partial charge in [0, 0.05) is 13.6 Å². The lowest BCUT2D eigenvalue weighted by Crippen LogP contribution is -2.48. The maximum Gasteiger partial charge on any atom is 0.407 e. The summed E-state index contributed by atoms with van der Waals surface area (Å²) in [4.78, 5) is 24.8. The molecule has 4 rings (SSSR count). The maximum atomic E-state index is 12.3. The molecule has 3 unspecified atom stereocenters. The highest BCUT2D eigenvalue weighted by atomic mass is 16.6. The van der Waals surface area contributed by atoms with E-state index >= 15 is 0 Å². The molecule has 142 valence electrons. The van der Waals surface area contributed by atoms with E-state index in [-0.39, 0.29) is 6.04 Å². The third-order valence-corrected chi connectivity index (χ3v) is 6.35. The van der Waals surface area contributed by atoms with Crippen LogP contribution >= 0.6 is 0 Å². The van der Waals surface area contributed by atoms with Crippen LogP contribution in [0.4, 0.5) is 9.59 Å². The number of carboxylic acid groups (broad SMARTS) is 1. The van der Waals surface area contributed by atoms with Crippen molar-refractivity contribution in [3.8, 4) is 0 Å². The summed E-state index contributed by atoms with van der Waals surface area (Å²) in [6.07, 6.45) is 5.96. The van der Waals surface area contributed by atoms with Crippen molar-refractivity contribution in [2.24, 2.45) is 23.2 Å². The largest absolute Gasteiger partial charge is 0.465 e. The monoisotopic (exact) mass is 352 g/mol. The lowest BCUT2D eigenvalue weighted by atomic mass is 9.72. The van der Waals surface area contributed by atoms with Crippen molar-refractivity contribution < 1.29 is 19.4 Å². The summed E-state index contributed by atoms with van der Waals surface area (Å²) in [7, 11) is 1.56. The molecule has 0 aliphatic heterocycles. The van der Waals surface area contributed by atoms with Crippen LogP contribution in [0.15, 0.2) is 0 Å². The number of carbonyl (C=O) groups is 2. The molecule has 25 heavy (non-hydrogen) atoms. The summed E-state index contributed by atoms with van der Waals surface area (Å²) in [6, 6.07) is -0.200. The number of nitrogens with zero attached hydrogens (tertiary/aromatic N) is 1. The van der Waals surface area contributed by atoms with Crippen LogP contribution in [0.3, 0.4) is 0 Å². The van der Waals surface area contributed by atoms with Gasteiger partial charge in [0.2, 0.25) is 0 Å². The molecule has 0 spiro atoms. The molecule has 0 aromatic carbocycles. The molecule has 0 aromatic heterocycles. The molecule has 0 heterocycles. The van der Waals surface area contributed by atoms with Crippen LogP contribution in [0.25, 0.3) is 0 Å². The first-order valence-electron chi connectivity index (χ1n) is 9.50. The highest BCUT2D eigenvalue weighted by Gasteiger charge is 2.57. The topological polar surface area (TPSA) is 78.9 Å². The van der Waals surface area contributed by atoms with Crippen molar-refractivity contribution in [2.45, 2.75) is 70.9 Å². The lowest BCUT2D eigenvalue weighted by molar-refractivity contribution is 0.0459. The van der Waals surface area contributed by atoms with Gasteiger partial charge < -0.3 is 20.1 Å². The Balaban J connectivity index is 1.68. The van der Waals surface area contributed by atoms with Crippen molar-refractivity contribution >= 4 is 12.2 Å². The van der Waals surface area contributed by atoms with Gasteiger partial charge in [0.05, 0.1) is 6.04 Å². The number of likely N-dealkylation sites (N-methyl/N-ethyl adjacent to an activating group) is 1. The van der Waals surface area contributed by atoms with E-state index in [2.05, 4.69) is 5.32 Å². The fourth-order valence-electron chi connectivity index (χ4n) is 5.83. The molecule has 4 fully saturated rings. The SMILES string of the molecule is CN(CC(CC12CC3CC(CC1C3)C2)NC(=O)OC(C)(C)C)C(=O)O. The fraction of sp³-hybridized carbons (Fsp3) is 0.895. The molecule has 4 bridgehead atoms. The van der Waals surface area contributed by atoms with Crippen LogP contribution in [0.5, 0.6) is 0 Å². The van der Waals surface area contributed by atoms with E-state index in [1.165, 1.54) is 37.0 Å². The predicted molar refractivity (Wildman–Crippen MR) is 94.4 cm³/mol. The van der Waals surface area contributed by atoms with Gasteiger partial charge in [-0.25, -0.2) is 9.59 Å². The van der Waals surface area contributed by atoms with Crippen molar-refractivity contribution in [1.82, 2.24) is 10.2 Å². The van der Waals surface area contributed by atoms with E-state index < -0.39 is 17.8 Å². The zero-order valence-corrected chi connectivity index (χ0v) is 15.9. The molecule has 0 aromatic rings. The average molecular weight is 352 g/mol. The molecule has 4 saturated carbocycles. The highest BCUT2D eigenvalue weighted by molar-refractivity contribution is 5.68. The Kier molecular flexibility index (Phi) is 4.67. The lowest BCUT2D eigenvalue weighted by Gasteiger charge is -2.37. The van der Waals surface area contributed by atoms with Gasteiger partial charge in [-0.15, -0.1) is 0 Å². The standard InChI is InChI=1S/C19H32N2O4/c1-18(2,3)25-16(22)20-15(11-21(4)17(23)24)10-19-8-12-5-13(9-19)7-14(19)6-12/h12-15H,5-11H2,1-4H3,(H,20,22)(H,23,24). The molecular formula is C19H32N2O4. The summed E-state index contributed by atoms with van der Waals surface area (Å²) >= 11 is 0. The summed E-state index contributed by atoms with van der Waals surface area (Å²) in [6.45, 7) is 5.81. The van der Waals surface area contributed by atoms with Crippen molar-refractivity contribution in [3.05, 3.63) is 0 Å². The van der Waals surface area contributed by atoms with Crippen LogP contribution < -0.4 is 5.32 Å². The van der Waals surface area contributed by atoms with Gasteiger partial charge in [0.1, 0.15) is 5.60 Å². The molecule has 6 nitrogen and oxygen atoms in total. The van der Waals surface area contributed by atoms with Crippen molar-refractivity contribution in [1.29, 1.82) is 0 Å². The second-order valence-corrected chi connectivity index (χ2v) is 9.62. The minimum atomic E-state index is -0.967. The normalized spacial score (nSPS) is 34.0. The zero-order chi connectivity index (χ0) is 18.4. The minimum absolute atomic E-state index is 0.200. The van der Waals surface area contributed by atoms with Crippen LogP contribution in [-0.2, 0) is 4.74 Å². The number of alkyl carbamates (subject to hydrolysis) is 1. The quantitative estimate of drug-likeness (QED) is 0.790. The Hall–Kier alpha value is -1.46. The number of carbonyl (C=O) groups excluding carboxylic acids is 1. The van der Waals surface area contributed by atoms with Gasteiger partial charge in [-0.05, 0) is 82.5 Å². The van der Waals surface area contributed by atoms with Gasteiger partial charge in [0.25, 0.3) is 0 Å². The van der Waals surface area contributed by atoms with E-state index in [9.17, 15) is 14.7 Å². The number of hydrogen-bond acceptors (Lipinski definition) is 3. The Morgan fingerprint density at radius 1 is 1.24 bits per heavy atom. The second kappa shape index (κ2) is 6.36. The Labute approximate surface area is 150 Å². The third kappa shape index (κ3) is 4.04. The Morgan fingerprint density at radius 2 is 1.84 bits per heavy atom. The molecule has 2 N–H and O–H groups in total. The maximum absolute atomic E-state index is 12.3. The summed E-state index contributed by atoms with van der Waals surface area (Å²) in [5, 5.41) is 12.2. The first kappa shape index (κ1) is 18.3. The molecule has 4 aliphatic carbocycles. The van der Waals surface area contributed by atoms with Crippen LogP contribution in [0.1, 0.15) is 59.3 Å².